The standard InChI is InChI=1S/C10H20N4/c1-8(10(11)12)13-4-6-14(7-5-13)9-2-3-9/h8-9H,2-7H2,1H3,(H3,11,12). The van der Waals surface area contributed by atoms with Gasteiger partial charge in [0.1, 0.15) is 5.84 Å². The molecule has 80 valence electrons. The molecule has 1 saturated carbocycles. The van der Waals surface area contributed by atoms with Crippen molar-refractivity contribution in [2.75, 3.05) is 26.2 Å². The average molecular weight is 196 g/mol. The molecule has 1 saturated heterocycles. The molecule has 0 aromatic rings. The third kappa shape index (κ3) is 2.07. The normalized spacial score (nSPS) is 27.5. The highest BCUT2D eigenvalue weighted by molar-refractivity contribution is 5.82. The van der Waals surface area contributed by atoms with E-state index in [4.69, 9.17) is 11.1 Å². The number of nitrogens with one attached hydrogen (secondary N) is 1. The molecule has 1 aliphatic carbocycles. The molecule has 0 bridgehead atoms. The van der Waals surface area contributed by atoms with Crippen molar-refractivity contribution < 1.29 is 0 Å². The molecule has 1 heterocycles. The van der Waals surface area contributed by atoms with Gasteiger partial charge in [0.15, 0.2) is 0 Å². The fraction of sp³-hybridized carbons (Fsp3) is 0.900. The van der Waals surface area contributed by atoms with Crippen LogP contribution in [0, 0.1) is 5.41 Å². The third-order valence-corrected chi connectivity index (χ3v) is 3.41. The van der Waals surface area contributed by atoms with E-state index in [0.717, 1.165) is 32.2 Å². The fourth-order valence-electron chi connectivity index (χ4n) is 2.13. The Labute approximate surface area is 85.6 Å². The Morgan fingerprint density at radius 3 is 2.29 bits per heavy atom. The molecule has 2 fully saturated rings. The van der Waals surface area contributed by atoms with Crippen molar-refractivity contribution in [1.29, 1.82) is 5.41 Å². The molecule has 1 unspecified atom stereocenters. The lowest BCUT2D eigenvalue weighted by atomic mass is 10.2. The molecule has 4 heteroatoms. The highest BCUT2D eigenvalue weighted by Gasteiger charge is 2.32. The lowest BCUT2D eigenvalue weighted by Gasteiger charge is -2.37. The van der Waals surface area contributed by atoms with Crippen LogP contribution in [0.4, 0.5) is 0 Å². The van der Waals surface area contributed by atoms with Crippen molar-refractivity contribution in [1.82, 2.24) is 9.80 Å². The fourth-order valence-corrected chi connectivity index (χ4v) is 2.13. The van der Waals surface area contributed by atoms with Crippen LogP contribution in [0.5, 0.6) is 0 Å². The van der Waals surface area contributed by atoms with Gasteiger partial charge in [-0.15, -0.1) is 0 Å². The Morgan fingerprint density at radius 1 is 1.29 bits per heavy atom. The molecule has 1 atom stereocenters. The van der Waals surface area contributed by atoms with Crippen molar-refractivity contribution in [3.05, 3.63) is 0 Å². The van der Waals surface area contributed by atoms with E-state index < -0.39 is 0 Å². The van der Waals surface area contributed by atoms with Gasteiger partial charge in [0.2, 0.25) is 0 Å². The Balaban J connectivity index is 1.79. The first-order valence-corrected chi connectivity index (χ1v) is 5.50. The van der Waals surface area contributed by atoms with Gasteiger partial charge >= 0.3 is 0 Å². The largest absolute Gasteiger partial charge is 0.386 e. The quantitative estimate of drug-likeness (QED) is 0.497. The first kappa shape index (κ1) is 9.93. The van der Waals surface area contributed by atoms with Crippen molar-refractivity contribution in [3.8, 4) is 0 Å². The van der Waals surface area contributed by atoms with E-state index in [1.807, 2.05) is 6.92 Å². The van der Waals surface area contributed by atoms with Gasteiger partial charge in [-0.05, 0) is 19.8 Å². The summed E-state index contributed by atoms with van der Waals surface area (Å²) >= 11 is 0. The van der Waals surface area contributed by atoms with Gasteiger partial charge in [-0.3, -0.25) is 15.2 Å². The van der Waals surface area contributed by atoms with Gasteiger partial charge in [0.25, 0.3) is 0 Å². The molecule has 14 heavy (non-hydrogen) atoms. The van der Waals surface area contributed by atoms with Gasteiger partial charge < -0.3 is 5.73 Å². The molecule has 0 spiro atoms. The average Bonchev–Trinajstić information content (AvgIpc) is 3.00. The van der Waals surface area contributed by atoms with Crippen LogP contribution in [0.15, 0.2) is 0 Å². The molecular formula is C10H20N4. The molecular weight excluding hydrogens is 176 g/mol. The van der Waals surface area contributed by atoms with E-state index in [2.05, 4.69) is 9.80 Å². The Kier molecular flexibility index (Phi) is 2.74. The maximum atomic E-state index is 7.41. The van der Waals surface area contributed by atoms with Crippen molar-refractivity contribution in [2.24, 2.45) is 5.73 Å². The molecule has 3 N–H and O–H groups in total. The van der Waals surface area contributed by atoms with E-state index in [1.54, 1.807) is 0 Å². The zero-order chi connectivity index (χ0) is 10.1. The number of amidine groups is 1. The summed E-state index contributed by atoms with van der Waals surface area (Å²) in [5.41, 5.74) is 5.50. The maximum Gasteiger partial charge on any atom is 0.108 e. The lowest BCUT2D eigenvalue weighted by Crippen LogP contribution is -2.53. The summed E-state index contributed by atoms with van der Waals surface area (Å²) < 4.78 is 0. The van der Waals surface area contributed by atoms with Crippen molar-refractivity contribution in [2.45, 2.75) is 31.8 Å². The van der Waals surface area contributed by atoms with Gasteiger partial charge in [-0.25, -0.2) is 0 Å². The summed E-state index contributed by atoms with van der Waals surface area (Å²) in [7, 11) is 0. The Bertz CT molecular complexity index is 216. The SMILES string of the molecule is CC(C(=N)N)N1CCN(C2CC2)CC1. The van der Waals surface area contributed by atoms with Gasteiger partial charge in [-0.2, -0.15) is 0 Å². The summed E-state index contributed by atoms with van der Waals surface area (Å²) in [6.45, 7) is 6.47. The monoisotopic (exact) mass is 196 g/mol. The van der Waals surface area contributed by atoms with E-state index >= 15 is 0 Å². The summed E-state index contributed by atoms with van der Waals surface area (Å²) in [6.07, 6.45) is 2.78. The highest BCUT2D eigenvalue weighted by Crippen LogP contribution is 2.27. The highest BCUT2D eigenvalue weighted by atomic mass is 15.3. The van der Waals surface area contributed by atoms with E-state index in [-0.39, 0.29) is 6.04 Å². The zero-order valence-electron chi connectivity index (χ0n) is 8.87. The minimum atomic E-state index is 0.122. The van der Waals surface area contributed by atoms with Gasteiger partial charge in [0, 0.05) is 32.2 Å². The molecule has 0 amide bonds. The summed E-state index contributed by atoms with van der Waals surface area (Å²) in [5, 5.41) is 7.41. The summed E-state index contributed by atoms with van der Waals surface area (Å²) in [5.74, 6) is 0.296. The maximum absolute atomic E-state index is 7.41. The predicted octanol–water partition coefficient (Wildman–Crippen LogP) is 0.0909. The second-order valence-corrected chi connectivity index (χ2v) is 4.43. The van der Waals surface area contributed by atoms with E-state index in [1.165, 1.54) is 12.8 Å². The number of rotatable bonds is 3. The molecule has 2 aliphatic rings. The number of hydrogen-bond acceptors (Lipinski definition) is 3. The topological polar surface area (TPSA) is 56.4 Å². The number of piperazine rings is 1. The smallest absolute Gasteiger partial charge is 0.108 e. The van der Waals surface area contributed by atoms with Crippen LogP contribution in [-0.2, 0) is 0 Å². The molecule has 0 radical (unpaired) electrons. The second-order valence-electron chi connectivity index (χ2n) is 4.43. The summed E-state index contributed by atoms with van der Waals surface area (Å²) in [6, 6.07) is 1.00. The number of nitrogens with two attached hydrogens (primary N) is 1. The Morgan fingerprint density at radius 2 is 1.86 bits per heavy atom. The van der Waals surface area contributed by atoms with Crippen LogP contribution in [0.1, 0.15) is 19.8 Å². The lowest BCUT2D eigenvalue weighted by molar-refractivity contribution is 0.116. The third-order valence-electron chi connectivity index (χ3n) is 3.41. The van der Waals surface area contributed by atoms with Gasteiger partial charge in [0.05, 0.1) is 6.04 Å². The van der Waals surface area contributed by atoms with Crippen LogP contribution in [0.2, 0.25) is 0 Å². The zero-order valence-corrected chi connectivity index (χ0v) is 8.87. The minimum Gasteiger partial charge on any atom is -0.386 e. The molecule has 1 aliphatic heterocycles. The second kappa shape index (κ2) is 3.87. The molecule has 2 rings (SSSR count). The van der Waals surface area contributed by atoms with Crippen molar-refractivity contribution >= 4 is 5.84 Å². The Hall–Kier alpha value is -0.610. The first-order chi connectivity index (χ1) is 6.68. The van der Waals surface area contributed by atoms with Crippen LogP contribution in [-0.4, -0.2) is 53.9 Å². The first-order valence-electron chi connectivity index (χ1n) is 5.50. The summed E-state index contributed by atoms with van der Waals surface area (Å²) in [4.78, 5) is 4.88. The predicted molar refractivity (Wildman–Crippen MR) is 57.5 cm³/mol. The van der Waals surface area contributed by atoms with Crippen LogP contribution < -0.4 is 5.73 Å². The molecule has 0 aromatic heterocycles. The number of nitrogens with zero attached hydrogens (tertiary/aromatic N) is 2. The van der Waals surface area contributed by atoms with Crippen LogP contribution in [0.25, 0.3) is 0 Å². The molecule has 0 aromatic carbocycles. The van der Waals surface area contributed by atoms with E-state index in [9.17, 15) is 0 Å². The minimum absolute atomic E-state index is 0.122. The van der Waals surface area contributed by atoms with Crippen LogP contribution in [0.3, 0.4) is 0 Å². The number of hydrogen-bond donors (Lipinski definition) is 2. The molecule has 4 nitrogen and oxygen atoms in total. The van der Waals surface area contributed by atoms with E-state index in [0.29, 0.717) is 5.84 Å². The van der Waals surface area contributed by atoms with Crippen LogP contribution >= 0.6 is 0 Å². The van der Waals surface area contributed by atoms with Crippen molar-refractivity contribution in [3.63, 3.8) is 0 Å². The van der Waals surface area contributed by atoms with Gasteiger partial charge in [-0.1, -0.05) is 0 Å².